The van der Waals surface area contributed by atoms with E-state index >= 15 is 0 Å². The van der Waals surface area contributed by atoms with Crippen LogP contribution in [0.3, 0.4) is 0 Å². The predicted octanol–water partition coefficient (Wildman–Crippen LogP) is -0.596. The van der Waals surface area contributed by atoms with Gasteiger partial charge in [-0.2, -0.15) is 0 Å². The smallest absolute Gasteiger partial charge is 0.261 e. The number of nitrogens with zero attached hydrogens (tertiary/aromatic N) is 1. The summed E-state index contributed by atoms with van der Waals surface area (Å²) in [6.45, 7) is -0.261. The van der Waals surface area contributed by atoms with Crippen molar-refractivity contribution in [3.8, 4) is 51.7 Å². The van der Waals surface area contributed by atoms with E-state index in [9.17, 15) is 66.1 Å². The van der Waals surface area contributed by atoms with E-state index in [1.165, 1.54) is 0 Å². The van der Waals surface area contributed by atoms with Gasteiger partial charge in [-0.3, -0.25) is 4.79 Å². The number of aromatic hydroxyl groups is 9. The second kappa shape index (κ2) is 8.09. The molecule has 0 bridgehead atoms. The number of benzene rings is 2. The molecule has 1 saturated heterocycles. The molecule has 14 nitrogen and oxygen atoms in total. The molecule has 1 aliphatic heterocycles. The molecule has 2 aromatic rings. The quantitative estimate of drug-likeness (QED) is 0.139. The Balaban J connectivity index is 1.52. The Morgan fingerprint density at radius 2 is 1.17 bits per heavy atom. The van der Waals surface area contributed by atoms with Gasteiger partial charge in [0.15, 0.2) is 28.8 Å². The van der Waals surface area contributed by atoms with Gasteiger partial charge in [0.05, 0.1) is 5.56 Å². The van der Waals surface area contributed by atoms with Crippen molar-refractivity contribution in [2.45, 2.75) is 37.2 Å². The number of likely N-dealkylation sites (tertiary alicyclic amines) is 1. The summed E-state index contributed by atoms with van der Waals surface area (Å²) in [7, 11) is 0. The average Bonchev–Trinajstić information content (AvgIpc) is 3.09. The van der Waals surface area contributed by atoms with Gasteiger partial charge in [0, 0.05) is 25.1 Å². The van der Waals surface area contributed by atoms with Crippen LogP contribution in [-0.4, -0.2) is 90.7 Å². The zero-order chi connectivity index (χ0) is 26.9. The van der Waals surface area contributed by atoms with Crippen LogP contribution < -0.4 is 0 Å². The van der Waals surface area contributed by atoms with Crippen LogP contribution in [0.2, 0.25) is 0 Å². The molecule has 0 amide bonds. The Labute approximate surface area is 202 Å². The number of carbonyl (C=O) groups excluding carboxylic acids is 1. The SMILES string of the molecule is O=C1c2c(O)c(O)c(O)c(O)c2CC1(O)CC1CCN(C(O)(O)c2c(O)c(O)c(O)c(O)c2O)CC1. The number of hydrogen-bond donors (Lipinski definition) is 12. The number of Topliss-reactive ketones (excluding diaryl/α,β-unsaturated/α-hetero) is 1. The second-order valence-corrected chi connectivity index (χ2v) is 9.17. The molecule has 14 heteroatoms. The molecular formula is C22H25NO13. The predicted molar refractivity (Wildman–Crippen MR) is 116 cm³/mol. The number of aliphatic hydroxyl groups is 3. The van der Waals surface area contributed by atoms with Gasteiger partial charge in [0.2, 0.25) is 28.7 Å². The van der Waals surface area contributed by atoms with Crippen molar-refractivity contribution < 1.29 is 66.1 Å². The lowest BCUT2D eigenvalue weighted by Gasteiger charge is -2.41. The minimum atomic E-state index is -3.11. The molecule has 0 radical (unpaired) electrons. The van der Waals surface area contributed by atoms with Crippen molar-refractivity contribution in [2.24, 2.45) is 5.92 Å². The molecular weight excluding hydrogens is 486 g/mol. The lowest BCUT2D eigenvalue weighted by molar-refractivity contribution is -0.282. The summed E-state index contributed by atoms with van der Waals surface area (Å²) < 4.78 is 0. The van der Waals surface area contributed by atoms with Crippen molar-refractivity contribution in [1.82, 2.24) is 4.90 Å². The molecule has 0 spiro atoms. The summed E-state index contributed by atoms with van der Waals surface area (Å²) >= 11 is 0. The minimum Gasteiger partial charge on any atom is -0.504 e. The van der Waals surface area contributed by atoms with E-state index in [1.54, 1.807) is 0 Å². The van der Waals surface area contributed by atoms with Crippen LogP contribution in [0, 0.1) is 5.92 Å². The zero-order valence-electron chi connectivity index (χ0n) is 18.5. The standard InChI is InChI=1S/C22H25NO13/c24-11-8-6-21(34,20(33)9(8)12(25)16(29)15(11)28)5-7-1-3-23(4-2-7)22(35,36)10-13(26)17(30)19(32)18(31)14(10)27/h7,24-32,34-36H,1-6H2. The van der Waals surface area contributed by atoms with Crippen molar-refractivity contribution in [3.63, 3.8) is 0 Å². The van der Waals surface area contributed by atoms with Gasteiger partial charge in [0.25, 0.3) is 5.91 Å². The second-order valence-electron chi connectivity index (χ2n) is 9.17. The molecule has 196 valence electrons. The van der Waals surface area contributed by atoms with Crippen LogP contribution in [0.4, 0.5) is 0 Å². The Hall–Kier alpha value is -3.85. The van der Waals surface area contributed by atoms with Gasteiger partial charge < -0.3 is 61.3 Å². The van der Waals surface area contributed by atoms with E-state index in [2.05, 4.69) is 0 Å². The van der Waals surface area contributed by atoms with Gasteiger partial charge in [0.1, 0.15) is 11.2 Å². The number of piperidine rings is 1. The molecule has 36 heavy (non-hydrogen) atoms. The summed E-state index contributed by atoms with van der Waals surface area (Å²) in [5.41, 5.74) is -3.90. The first-order valence-corrected chi connectivity index (χ1v) is 10.8. The lowest BCUT2D eigenvalue weighted by atomic mass is 9.82. The van der Waals surface area contributed by atoms with Crippen LogP contribution in [0.1, 0.15) is 40.7 Å². The van der Waals surface area contributed by atoms with Gasteiger partial charge in [-0.1, -0.05) is 0 Å². The first kappa shape index (κ1) is 25.2. The molecule has 1 atom stereocenters. The van der Waals surface area contributed by atoms with Crippen LogP contribution in [-0.2, 0) is 12.3 Å². The zero-order valence-corrected chi connectivity index (χ0v) is 18.5. The van der Waals surface area contributed by atoms with Gasteiger partial charge in [-0.15, -0.1) is 0 Å². The van der Waals surface area contributed by atoms with E-state index in [0.717, 1.165) is 4.90 Å². The number of fused-ring (bicyclic) bond motifs is 1. The summed E-state index contributed by atoms with van der Waals surface area (Å²) in [5, 5.41) is 121. The Morgan fingerprint density at radius 1 is 0.722 bits per heavy atom. The molecule has 2 aliphatic rings. The maximum absolute atomic E-state index is 12.9. The van der Waals surface area contributed by atoms with Crippen LogP contribution in [0.25, 0.3) is 0 Å². The molecule has 1 heterocycles. The third-order valence-electron chi connectivity index (χ3n) is 7.00. The van der Waals surface area contributed by atoms with Gasteiger partial charge in [-0.05, 0) is 25.2 Å². The lowest BCUT2D eigenvalue weighted by Crippen LogP contribution is -2.51. The minimum absolute atomic E-state index is 0.131. The Kier molecular flexibility index (Phi) is 5.68. The maximum Gasteiger partial charge on any atom is 0.261 e. The highest BCUT2D eigenvalue weighted by Crippen LogP contribution is 2.55. The molecule has 1 aliphatic carbocycles. The molecule has 4 rings (SSSR count). The number of carbonyl (C=O) groups is 1. The Bertz CT molecular complexity index is 1240. The Morgan fingerprint density at radius 3 is 1.69 bits per heavy atom. The van der Waals surface area contributed by atoms with Crippen molar-refractivity contribution >= 4 is 5.78 Å². The number of ketones is 1. The number of rotatable bonds is 4. The highest BCUT2D eigenvalue weighted by molar-refractivity contribution is 6.10. The van der Waals surface area contributed by atoms with Crippen molar-refractivity contribution in [1.29, 1.82) is 0 Å². The fraction of sp³-hybridized carbons (Fsp3) is 0.409. The molecule has 12 N–H and O–H groups in total. The van der Waals surface area contributed by atoms with Crippen LogP contribution in [0.5, 0.6) is 51.7 Å². The number of hydrogen-bond acceptors (Lipinski definition) is 14. The van der Waals surface area contributed by atoms with Crippen LogP contribution in [0.15, 0.2) is 0 Å². The normalized spacial score (nSPS) is 21.1. The summed E-state index contributed by atoms with van der Waals surface area (Å²) in [5.74, 6) is -14.8. The summed E-state index contributed by atoms with van der Waals surface area (Å²) in [6, 6.07) is 0. The molecule has 0 aromatic heterocycles. The molecule has 0 saturated carbocycles. The third-order valence-corrected chi connectivity index (χ3v) is 7.00. The molecule has 2 aromatic carbocycles. The van der Waals surface area contributed by atoms with Crippen LogP contribution >= 0.6 is 0 Å². The van der Waals surface area contributed by atoms with E-state index < -0.39 is 92.5 Å². The van der Waals surface area contributed by atoms with E-state index in [0.29, 0.717) is 0 Å². The van der Waals surface area contributed by atoms with E-state index in [4.69, 9.17) is 0 Å². The molecule has 1 unspecified atom stereocenters. The van der Waals surface area contributed by atoms with Crippen molar-refractivity contribution in [3.05, 3.63) is 16.7 Å². The maximum atomic E-state index is 12.9. The number of phenolic OH excluding ortho intramolecular Hbond substituents is 9. The topological polar surface area (TPSA) is 263 Å². The largest absolute Gasteiger partial charge is 0.504 e. The van der Waals surface area contributed by atoms with Gasteiger partial charge in [-0.25, -0.2) is 4.90 Å². The fourth-order valence-corrected chi connectivity index (χ4v) is 5.02. The average molecular weight is 511 g/mol. The number of phenols is 9. The highest BCUT2D eigenvalue weighted by Gasteiger charge is 2.50. The van der Waals surface area contributed by atoms with E-state index in [1.807, 2.05) is 0 Å². The molecule has 1 fully saturated rings. The van der Waals surface area contributed by atoms with Crippen molar-refractivity contribution in [2.75, 3.05) is 13.1 Å². The van der Waals surface area contributed by atoms with E-state index in [-0.39, 0.29) is 37.9 Å². The van der Waals surface area contributed by atoms with Gasteiger partial charge >= 0.3 is 0 Å². The first-order valence-electron chi connectivity index (χ1n) is 10.8. The third kappa shape index (κ3) is 3.45. The summed E-state index contributed by atoms with van der Waals surface area (Å²) in [4.78, 5) is 13.8. The monoisotopic (exact) mass is 511 g/mol. The fourth-order valence-electron chi connectivity index (χ4n) is 5.02. The summed E-state index contributed by atoms with van der Waals surface area (Å²) in [6.07, 6.45) is -0.357. The highest BCUT2D eigenvalue weighted by atomic mass is 16.5. The first-order chi connectivity index (χ1) is 16.6.